The fourth-order valence-corrected chi connectivity index (χ4v) is 3.12. The van der Waals surface area contributed by atoms with Crippen LogP contribution in [-0.4, -0.2) is 11.8 Å². The number of nitrogen functional groups attached to an aromatic ring is 1. The van der Waals surface area contributed by atoms with Crippen LogP contribution in [0.25, 0.3) is 0 Å². The summed E-state index contributed by atoms with van der Waals surface area (Å²) in [6.07, 6.45) is 0. The van der Waals surface area contributed by atoms with Gasteiger partial charge < -0.3 is 15.8 Å². The van der Waals surface area contributed by atoms with Crippen LogP contribution < -0.4 is 27.1 Å². The maximum Gasteiger partial charge on any atom is 0.265 e. The first-order chi connectivity index (χ1) is 14.3. The predicted octanol–water partition coefficient (Wildman–Crippen LogP) is 3.81. The summed E-state index contributed by atoms with van der Waals surface area (Å²) < 4.78 is 34.8. The van der Waals surface area contributed by atoms with Crippen LogP contribution in [0.4, 0.5) is 20.2 Å². The lowest BCUT2D eigenvalue weighted by molar-refractivity contribution is 0.0951. The summed E-state index contributed by atoms with van der Waals surface area (Å²) in [6, 6.07) is 12.2. The van der Waals surface area contributed by atoms with Gasteiger partial charge in [0.15, 0.2) is 0 Å². The number of hydrogen-bond donors (Lipinski definition) is 4. The van der Waals surface area contributed by atoms with E-state index in [1.807, 2.05) is 28.0 Å². The van der Waals surface area contributed by atoms with Gasteiger partial charge in [-0.15, -0.1) is 0 Å². The lowest BCUT2D eigenvalue weighted by atomic mass is 10.1. The van der Waals surface area contributed by atoms with E-state index in [0.717, 1.165) is 12.1 Å². The number of rotatable bonds is 6. The first kappa shape index (κ1) is 21.5. The van der Waals surface area contributed by atoms with Crippen LogP contribution in [0.3, 0.4) is 0 Å². The Hall–Kier alpha value is -3.25. The molecule has 0 heterocycles. The average molecular weight is 524 g/mol. The molecule has 0 aromatic heterocycles. The highest BCUT2D eigenvalue weighted by molar-refractivity contribution is 14.1. The first-order valence-corrected chi connectivity index (χ1v) is 9.50. The van der Waals surface area contributed by atoms with E-state index in [-0.39, 0.29) is 34.0 Å². The van der Waals surface area contributed by atoms with Crippen LogP contribution in [0.15, 0.2) is 54.6 Å². The Morgan fingerprint density at radius 1 is 1.00 bits per heavy atom. The highest BCUT2D eigenvalue weighted by Crippen LogP contribution is 2.34. The van der Waals surface area contributed by atoms with Gasteiger partial charge >= 0.3 is 0 Å². The Balaban J connectivity index is 2.03. The number of hydrogen-bond acceptors (Lipinski definition) is 5. The summed E-state index contributed by atoms with van der Waals surface area (Å²) >= 11 is 1.95. The van der Waals surface area contributed by atoms with E-state index in [1.165, 1.54) is 36.4 Å². The summed E-state index contributed by atoms with van der Waals surface area (Å²) in [5, 5.41) is 2.68. The third-order valence-electron chi connectivity index (χ3n) is 3.97. The van der Waals surface area contributed by atoms with Crippen molar-refractivity contribution < 1.29 is 23.1 Å². The predicted molar refractivity (Wildman–Crippen MR) is 115 cm³/mol. The fraction of sp³-hybridized carbons (Fsp3) is 0. The van der Waals surface area contributed by atoms with Crippen molar-refractivity contribution >= 4 is 45.8 Å². The van der Waals surface area contributed by atoms with Crippen LogP contribution >= 0.6 is 22.6 Å². The van der Waals surface area contributed by atoms with Gasteiger partial charge in [0.2, 0.25) is 0 Å². The Bertz CT molecular complexity index is 1140. The lowest BCUT2D eigenvalue weighted by Crippen LogP contribution is -2.29. The van der Waals surface area contributed by atoms with Crippen molar-refractivity contribution in [2.24, 2.45) is 11.6 Å². The van der Waals surface area contributed by atoms with Gasteiger partial charge in [0, 0.05) is 15.2 Å². The quantitative estimate of drug-likeness (QED) is 0.169. The molecule has 3 aromatic carbocycles. The van der Waals surface area contributed by atoms with E-state index in [4.69, 9.17) is 16.3 Å². The number of anilines is 2. The van der Waals surface area contributed by atoms with E-state index in [1.54, 1.807) is 6.07 Å². The Labute approximate surface area is 183 Å². The third kappa shape index (κ3) is 4.83. The molecule has 0 fully saturated rings. The standard InChI is InChI=1S/C20H15F2IN4O3/c21-11-7-16(26-15-5-4-12(23)9-14(15)22)18(19(24)28)17(8-11)30-13-3-1-2-10(6-13)20(29)27-25/h1-9,26H,25H2,(H2,24,28)(H,27,29). The molecule has 154 valence electrons. The zero-order valence-corrected chi connectivity index (χ0v) is 17.4. The molecule has 0 aliphatic heterocycles. The molecule has 3 aromatic rings. The Morgan fingerprint density at radius 2 is 1.77 bits per heavy atom. The van der Waals surface area contributed by atoms with Crippen LogP contribution in [0.1, 0.15) is 20.7 Å². The second-order valence-electron chi connectivity index (χ2n) is 6.04. The second-order valence-corrected chi connectivity index (χ2v) is 7.29. The zero-order valence-electron chi connectivity index (χ0n) is 15.2. The van der Waals surface area contributed by atoms with Gasteiger partial charge in [-0.25, -0.2) is 14.6 Å². The number of benzene rings is 3. The normalized spacial score (nSPS) is 10.4. The number of nitrogens with one attached hydrogen (secondary N) is 2. The summed E-state index contributed by atoms with van der Waals surface area (Å²) in [7, 11) is 0. The van der Waals surface area contributed by atoms with E-state index in [9.17, 15) is 18.4 Å². The van der Waals surface area contributed by atoms with Gasteiger partial charge in [0.05, 0.1) is 11.4 Å². The molecule has 0 aliphatic rings. The average Bonchev–Trinajstić information content (AvgIpc) is 2.69. The summed E-state index contributed by atoms with van der Waals surface area (Å²) in [5.41, 5.74) is 7.40. The van der Waals surface area contributed by atoms with Crippen LogP contribution in [0, 0.1) is 15.2 Å². The molecule has 0 radical (unpaired) electrons. The van der Waals surface area contributed by atoms with E-state index < -0.39 is 23.4 Å². The molecule has 2 amide bonds. The first-order valence-electron chi connectivity index (χ1n) is 8.42. The van der Waals surface area contributed by atoms with E-state index >= 15 is 0 Å². The van der Waals surface area contributed by atoms with Gasteiger partial charge in [0.1, 0.15) is 28.7 Å². The Kier molecular flexibility index (Phi) is 6.47. The highest BCUT2D eigenvalue weighted by atomic mass is 127. The molecule has 3 rings (SSSR count). The topological polar surface area (TPSA) is 119 Å². The summed E-state index contributed by atoms with van der Waals surface area (Å²) in [5.74, 6) is 2.21. The van der Waals surface area contributed by atoms with E-state index in [2.05, 4.69) is 5.32 Å². The van der Waals surface area contributed by atoms with Gasteiger partial charge in [-0.3, -0.25) is 15.0 Å². The van der Waals surface area contributed by atoms with Gasteiger partial charge in [-0.1, -0.05) is 6.07 Å². The molecular weight excluding hydrogens is 509 g/mol. The van der Waals surface area contributed by atoms with E-state index in [0.29, 0.717) is 3.57 Å². The molecule has 10 heteroatoms. The van der Waals surface area contributed by atoms with Crippen molar-refractivity contribution in [3.8, 4) is 11.5 Å². The van der Waals surface area contributed by atoms with Crippen LogP contribution in [0.2, 0.25) is 0 Å². The van der Waals surface area contributed by atoms with Crippen molar-refractivity contribution in [1.29, 1.82) is 0 Å². The zero-order chi connectivity index (χ0) is 21.8. The number of nitrogens with two attached hydrogens (primary N) is 2. The van der Waals surface area contributed by atoms with Crippen molar-refractivity contribution in [1.82, 2.24) is 5.43 Å². The summed E-state index contributed by atoms with van der Waals surface area (Å²) in [4.78, 5) is 23.8. The molecule has 0 spiro atoms. The van der Waals surface area contributed by atoms with Gasteiger partial charge in [-0.2, -0.15) is 0 Å². The van der Waals surface area contributed by atoms with Crippen LogP contribution in [-0.2, 0) is 0 Å². The number of primary amides is 1. The van der Waals surface area contributed by atoms with Gasteiger partial charge in [-0.05, 0) is 65.1 Å². The molecule has 0 unspecified atom stereocenters. The lowest BCUT2D eigenvalue weighted by Gasteiger charge is -2.16. The number of ether oxygens (including phenoxy) is 1. The van der Waals surface area contributed by atoms with Gasteiger partial charge in [0.25, 0.3) is 11.8 Å². The fourth-order valence-electron chi connectivity index (χ4n) is 2.66. The molecule has 0 saturated carbocycles. The Morgan fingerprint density at radius 3 is 2.43 bits per heavy atom. The van der Waals surface area contributed by atoms with Crippen molar-refractivity contribution in [3.05, 3.63) is 80.9 Å². The number of hydrazine groups is 1. The largest absolute Gasteiger partial charge is 0.456 e. The molecule has 0 aliphatic carbocycles. The minimum atomic E-state index is -0.922. The molecule has 0 atom stereocenters. The molecule has 30 heavy (non-hydrogen) atoms. The minimum absolute atomic E-state index is 0.0241. The van der Waals surface area contributed by atoms with Crippen molar-refractivity contribution in [3.63, 3.8) is 0 Å². The maximum absolute atomic E-state index is 14.3. The highest BCUT2D eigenvalue weighted by Gasteiger charge is 2.20. The molecule has 0 bridgehead atoms. The summed E-state index contributed by atoms with van der Waals surface area (Å²) in [6.45, 7) is 0. The maximum atomic E-state index is 14.3. The third-order valence-corrected chi connectivity index (χ3v) is 4.64. The number of halogens is 3. The molecular formula is C20H15F2IN4O3. The van der Waals surface area contributed by atoms with Crippen LogP contribution in [0.5, 0.6) is 11.5 Å². The SMILES string of the molecule is NNC(=O)c1cccc(Oc2cc(F)cc(Nc3ccc(I)cc3F)c2C(N)=O)c1. The number of carbonyl (C=O) groups is 2. The van der Waals surface area contributed by atoms with Crippen molar-refractivity contribution in [2.75, 3.05) is 5.32 Å². The molecule has 6 N–H and O–H groups in total. The molecule has 0 saturated heterocycles. The molecule has 7 nitrogen and oxygen atoms in total. The smallest absolute Gasteiger partial charge is 0.265 e. The minimum Gasteiger partial charge on any atom is -0.456 e. The second kappa shape index (κ2) is 9.05. The number of carbonyl (C=O) groups excluding carboxylic acids is 2. The van der Waals surface area contributed by atoms with Crippen molar-refractivity contribution in [2.45, 2.75) is 0 Å². The number of amides is 2. The monoisotopic (exact) mass is 524 g/mol.